The van der Waals surface area contributed by atoms with Gasteiger partial charge in [0.25, 0.3) is 0 Å². The molecular weight excluding hydrogens is 296 g/mol. The van der Waals surface area contributed by atoms with Crippen molar-refractivity contribution >= 4 is 17.0 Å². The summed E-state index contributed by atoms with van der Waals surface area (Å²) in [6, 6.07) is 12.7. The van der Waals surface area contributed by atoms with Gasteiger partial charge in [-0.05, 0) is 36.4 Å². The van der Waals surface area contributed by atoms with Gasteiger partial charge in [-0.15, -0.1) is 11.3 Å². The Bertz CT molecular complexity index is 795. The summed E-state index contributed by atoms with van der Waals surface area (Å²) in [5.41, 5.74) is 3.50. The second-order valence-electron chi connectivity index (χ2n) is 5.18. The lowest BCUT2D eigenvalue weighted by Gasteiger charge is -2.12. The Morgan fingerprint density at radius 1 is 1.00 bits per heavy atom. The van der Waals surface area contributed by atoms with E-state index in [4.69, 9.17) is 0 Å². The monoisotopic (exact) mass is 312 g/mol. The van der Waals surface area contributed by atoms with Gasteiger partial charge in [0.15, 0.2) is 0 Å². The highest BCUT2D eigenvalue weighted by molar-refractivity contribution is 7.13. The van der Waals surface area contributed by atoms with E-state index in [2.05, 4.69) is 17.1 Å². The standard InChI is InChI=1S/C17H16N2O2S/c1-19(2)12-5-3-11(4-6-12)17-18-15(10-22-17)14-8-7-13(20)9-16(14)21/h3-10,20-21H,1-2H3. The van der Waals surface area contributed by atoms with E-state index in [9.17, 15) is 10.2 Å². The fraction of sp³-hybridized carbons (Fsp3) is 0.118. The first-order chi connectivity index (χ1) is 10.5. The predicted octanol–water partition coefficient (Wildman–Crippen LogP) is 3.95. The minimum Gasteiger partial charge on any atom is -0.508 e. The lowest BCUT2D eigenvalue weighted by Crippen LogP contribution is -2.07. The summed E-state index contributed by atoms with van der Waals surface area (Å²) >= 11 is 1.53. The van der Waals surface area contributed by atoms with Crippen LogP contribution in [0.1, 0.15) is 0 Å². The average Bonchev–Trinajstić information content (AvgIpc) is 2.97. The van der Waals surface area contributed by atoms with Gasteiger partial charge in [-0.3, -0.25) is 0 Å². The normalized spacial score (nSPS) is 10.6. The Kier molecular flexibility index (Phi) is 3.73. The summed E-state index contributed by atoms with van der Waals surface area (Å²) in [5, 5.41) is 22.1. The molecule has 0 radical (unpaired) electrons. The Morgan fingerprint density at radius 2 is 1.73 bits per heavy atom. The zero-order valence-electron chi connectivity index (χ0n) is 12.3. The van der Waals surface area contributed by atoms with Crippen LogP contribution in [-0.4, -0.2) is 29.3 Å². The molecule has 3 rings (SSSR count). The minimum absolute atomic E-state index is 0.0276. The van der Waals surface area contributed by atoms with E-state index in [1.54, 1.807) is 12.1 Å². The molecule has 2 N–H and O–H groups in total. The van der Waals surface area contributed by atoms with Crippen LogP contribution in [0.3, 0.4) is 0 Å². The zero-order valence-corrected chi connectivity index (χ0v) is 13.1. The fourth-order valence-electron chi connectivity index (χ4n) is 2.17. The summed E-state index contributed by atoms with van der Waals surface area (Å²) < 4.78 is 0. The molecule has 5 heteroatoms. The van der Waals surface area contributed by atoms with Crippen molar-refractivity contribution in [3.8, 4) is 33.3 Å². The van der Waals surface area contributed by atoms with Crippen LogP contribution in [-0.2, 0) is 0 Å². The van der Waals surface area contributed by atoms with Crippen LogP contribution in [0.4, 0.5) is 5.69 Å². The number of benzene rings is 2. The summed E-state index contributed by atoms with van der Waals surface area (Å²) in [5.74, 6) is 0.0655. The van der Waals surface area contributed by atoms with Gasteiger partial charge in [-0.25, -0.2) is 4.98 Å². The number of phenols is 2. The van der Waals surface area contributed by atoms with E-state index in [0.717, 1.165) is 16.3 Å². The SMILES string of the molecule is CN(C)c1ccc(-c2nc(-c3ccc(O)cc3O)cs2)cc1. The van der Waals surface area contributed by atoms with Crippen molar-refractivity contribution < 1.29 is 10.2 Å². The highest BCUT2D eigenvalue weighted by Crippen LogP contribution is 2.35. The molecule has 1 aromatic heterocycles. The number of phenolic OH excluding ortho intramolecular Hbond substituents is 2. The number of hydrogen-bond acceptors (Lipinski definition) is 5. The number of rotatable bonds is 3. The summed E-state index contributed by atoms with van der Waals surface area (Å²) in [7, 11) is 4.01. The van der Waals surface area contributed by atoms with Gasteiger partial charge in [0.05, 0.1) is 5.69 Å². The molecular formula is C17H16N2O2S. The molecule has 0 saturated carbocycles. The molecule has 0 bridgehead atoms. The maximum atomic E-state index is 9.92. The zero-order chi connectivity index (χ0) is 15.7. The molecule has 22 heavy (non-hydrogen) atoms. The van der Waals surface area contributed by atoms with E-state index >= 15 is 0 Å². The van der Waals surface area contributed by atoms with Crippen LogP contribution < -0.4 is 4.90 Å². The van der Waals surface area contributed by atoms with Crippen molar-refractivity contribution in [2.24, 2.45) is 0 Å². The lowest BCUT2D eigenvalue weighted by molar-refractivity contribution is 0.452. The van der Waals surface area contributed by atoms with Crippen LogP contribution >= 0.6 is 11.3 Å². The second-order valence-corrected chi connectivity index (χ2v) is 6.04. The first-order valence-electron chi connectivity index (χ1n) is 6.80. The van der Waals surface area contributed by atoms with E-state index < -0.39 is 0 Å². The van der Waals surface area contributed by atoms with Crippen molar-refractivity contribution in [1.29, 1.82) is 0 Å². The first-order valence-corrected chi connectivity index (χ1v) is 7.68. The van der Waals surface area contributed by atoms with Crippen LogP contribution in [0.15, 0.2) is 47.8 Å². The molecule has 2 aromatic carbocycles. The predicted molar refractivity (Wildman–Crippen MR) is 90.6 cm³/mol. The number of aromatic hydroxyl groups is 2. The average molecular weight is 312 g/mol. The van der Waals surface area contributed by atoms with Gasteiger partial charge < -0.3 is 15.1 Å². The molecule has 4 nitrogen and oxygen atoms in total. The van der Waals surface area contributed by atoms with Crippen LogP contribution in [0.5, 0.6) is 11.5 Å². The number of aromatic nitrogens is 1. The van der Waals surface area contributed by atoms with E-state index in [0.29, 0.717) is 11.3 Å². The second kappa shape index (κ2) is 5.69. The Morgan fingerprint density at radius 3 is 2.36 bits per heavy atom. The molecule has 0 aliphatic rings. The van der Waals surface area contributed by atoms with Gasteiger partial charge in [-0.2, -0.15) is 0 Å². The van der Waals surface area contributed by atoms with Crippen molar-refractivity contribution in [1.82, 2.24) is 4.98 Å². The smallest absolute Gasteiger partial charge is 0.128 e. The number of hydrogen-bond donors (Lipinski definition) is 2. The van der Waals surface area contributed by atoms with Crippen LogP contribution in [0.25, 0.3) is 21.8 Å². The Labute approximate surface area is 132 Å². The Balaban J connectivity index is 1.93. The van der Waals surface area contributed by atoms with Crippen molar-refractivity contribution in [3.63, 3.8) is 0 Å². The van der Waals surface area contributed by atoms with Crippen molar-refractivity contribution in [3.05, 3.63) is 47.8 Å². The topological polar surface area (TPSA) is 56.6 Å². The highest BCUT2D eigenvalue weighted by Gasteiger charge is 2.11. The third-order valence-corrected chi connectivity index (χ3v) is 4.28. The molecule has 0 aliphatic carbocycles. The third-order valence-electron chi connectivity index (χ3n) is 3.39. The molecule has 112 valence electrons. The first kappa shape index (κ1) is 14.4. The summed E-state index contributed by atoms with van der Waals surface area (Å²) in [4.78, 5) is 6.63. The van der Waals surface area contributed by atoms with Gasteiger partial charge in [0.1, 0.15) is 16.5 Å². The van der Waals surface area contributed by atoms with Gasteiger partial charge in [0.2, 0.25) is 0 Å². The molecule has 0 fully saturated rings. The minimum atomic E-state index is 0.0276. The largest absolute Gasteiger partial charge is 0.508 e. The molecule has 0 aliphatic heterocycles. The van der Waals surface area contributed by atoms with Crippen molar-refractivity contribution in [2.45, 2.75) is 0 Å². The molecule has 0 saturated heterocycles. The summed E-state index contributed by atoms with van der Waals surface area (Å²) in [6.07, 6.45) is 0. The van der Waals surface area contributed by atoms with Crippen molar-refractivity contribution in [2.75, 3.05) is 19.0 Å². The van der Waals surface area contributed by atoms with E-state index in [-0.39, 0.29) is 11.5 Å². The molecule has 1 heterocycles. The van der Waals surface area contributed by atoms with Crippen LogP contribution in [0.2, 0.25) is 0 Å². The van der Waals surface area contributed by atoms with E-state index in [1.807, 2.05) is 36.5 Å². The molecule has 0 amide bonds. The molecule has 0 unspecified atom stereocenters. The number of anilines is 1. The van der Waals surface area contributed by atoms with Gasteiger partial charge in [-0.1, -0.05) is 0 Å². The van der Waals surface area contributed by atoms with E-state index in [1.165, 1.54) is 17.4 Å². The highest BCUT2D eigenvalue weighted by atomic mass is 32.1. The van der Waals surface area contributed by atoms with Gasteiger partial charge >= 0.3 is 0 Å². The number of thiazole rings is 1. The lowest BCUT2D eigenvalue weighted by atomic mass is 10.1. The Hall–Kier alpha value is -2.53. The summed E-state index contributed by atoms with van der Waals surface area (Å²) in [6.45, 7) is 0. The fourth-order valence-corrected chi connectivity index (χ4v) is 2.99. The van der Waals surface area contributed by atoms with Crippen LogP contribution in [0, 0.1) is 0 Å². The maximum Gasteiger partial charge on any atom is 0.128 e. The molecule has 3 aromatic rings. The van der Waals surface area contributed by atoms with Gasteiger partial charge in [0, 0.05) is 42.4 Å². The maximum absolute atomic E-state index is 9.92. The molecule has 0 spiro atoms. The number of nitrogens with zero attached hydrogens (tertiary/aromatic N) is 2. The quantitative estimate of drug-likeness (QED) is 0.769. The third kappa shape index (κ3) is 2.76. The molecule has 0 atom stereocenters.